The van der Waals surface area contributed by atoms with Crippen molar-refractivity contribution in [3.63, 3.8) is 0 Å². The number of ether oxygens (including phenoxy) is 2. The van der Waals surface area contributed by atoms with Crippen molar-refractivity contribution < 1.29 is 9.47 Å². The third-order valence-corrected chi connectivity index (χ3v) is 3.80. The maximum Gasteiger partial charge on any atom is 0.0593 e. The quantitative estimate of drug-likeness (QED) is 0.575. The van der Waals surface area contributed by atoms with Crippen LogP contribution in [0.25, 0.3) is 0 Å². The van der Waals surface area contributed by atoms with E-state index >= 15 is 0 Å². The second-order valence-electron chi connectivity index (χ2n) is 5.10. The van der Waals surface area contributed by atoms with E-state index in [0.29, 0.717) is 12.5 Å². The van der Waals surface area contributed by atoms with E-state index in [2.05, 4.69) is 25.7 Å². The van der Waals surface area contributed by atoms with Crippen LogP contribution in [0.1, 0.15) is 34.6 Å². The SMILES string of the molecule is CCOCCN(CCOCC)C(C)(CN)C(C)C. The summed E-state index contributed by atoms with van der Waals surface area (Å²) < 4.78 is 10.9. The number of hydrogen-bond acceptors (Lipinski definition) is 4. The first kappa shape index (κ1) is 17.8. The summed E-state index contributed by atoms with van der Waals surface area (Å²) in [5.74, 6) is 0.505. The van der Waals surface area contributed by atoms with Crippen molar-refractivity contribution in [2.45, 2.75) is 40.2 Å². The van der Waals surface area contributed by atoms with Crippen molar-refractivity contribution in [1.29, 1.82) is 0 Å². The lowest BCUT2D eigenvalue weighted by Crippen LogP contribution is -2.57. The van der Waals surface area contributed by atoms with E-state index in [9.17, 15) is 0 Å². The molecule has 0 bridgehead atoms. The first-order valence-corrected chi connectivity index (χ1v) is 7.13. The van der Waals surface area contributed by atoms with Gasteiger partial charge in [0, 0.05) is 38.4 Å². The van der Waals surface area contributed by atoms with E-state index in [0.717, 1.165) is 39.5 Å². The molecule has 110 valence electrons. The Hall–Kier alpha value is -0.160. The predicted octanol–water partition coefficient (Wildman–Crippen LogP) is 1.73. The maximum atomic E-state index is 5.99. The Bertz CT molecular complexity index is 190. The molecule has 0 aliphatic carbocycles. The van der Waals surface area contributed by atoms with Crippen LogP contribution in [0.4, 0.5) is 0 Å². The summed E-state index contributed by atoms with van der Waals surface area (Å²) in [7, 11) is 0. The fraction of sp³-hybridized carbons (Fsp3) is 1.00. The summed E-state index contributed by atoms with van der Waals surface area (Å²) >= 11 is 0. The number of nitrogens with two attached hydrogens (primary N) is 1. The molecule has 1 unspecified atom stereocenters. The predicted molar refractivity (Wildman–Crippen MR) is 76.9 cm³/mol. The van der Waals surface area contributed by atoms with Gasteiger partial charge in [0.15, 0.2) is 0 Å². The van der Waals surface area contributed by atoms with Gasteiger partial charge in [-0.3, -0.25) is 4.90 Å². The highest BCUT2D eigenvalue weighted by Crippen LogP contribution is 2.23. The molecule has 0 radical (unpaired) electrons. The minimum atomic E-state index is 0.00814. The Labute approximate surface area is 113 Å². The molecular formula is C14H32N2O2. The van der Waals surface area contributed by atoms with Crippen LogP contribution in [0.5, 0.6) is 0 Å². The van der Waals surface area contributed by atoms with Crippen molar-refractivity contribution >= 4 is 0 Å². The van der Waals surface area contributed by atoms with Gasteiger partial charge in [-0.2, -0.15) is 0 Å². The first-order chi connectivity index (χ1) is 8.52. The smallest absolute Gasteiger partial charge is 0.0593 e. The Morgan fingerprint density at radius 1 is 1.06 bits per heavy atom. The van der Waals surface area contributed by atoms with Crippen molar-refractivity contribution in [3.05, 3.63) is 0 Å². The molecule has 0 aliphatic heterocycles. The lowest BCUT2D eigenvalue weighted by Gasteiger charge is -2.44. The van der Waals surface area contributed by atoms with Gasteiger partial charge in [0.2, 0.25) is 0 Å². The maximum absolute atomic E-state index is 5.99. The summed E-state index contributed by atoms with van der Waals surface area (Å²) in [6.07, 6.45) is 0. The molecule has 1 atom stereocenters. The zero-order valence-corrected chi connectivity index (χ0v) is 12.9. The normalized spacial score (nSPS) is 15.3. The molecule has 4 nitrogen and oxygen atoms in total. The summed E-state index contributed by atoms with van der Waals surface area (Å²) in [5.41, 5.74) is 6.00. The monoisotopic (exact) mass is 260 g/mol. The number of hydrogen-bond donors (Lipinski definition) is 1. The molecule has 4 heteroatoms. The van der Waals surface area contributed by atoms with Gasteiger partial charge >= 0.3 is 0 Å². The highest BCUT2D eigenvalue weighted by molar-refractivity contribution is 4.90. The molecule has 0 saturated carbocycles. The average molecular weight is 260 g/mol. The van der Waals surface area contributed by atoms with Crippen LogP contribution in [0.15, 0.2) is 0 Å². The zero-order valence-electron chi connectivity index (χ0n) is 12.9. The second kappa shape index (κ2) is 9.73. The Morgan fingerprint density at radius 3 is 1.78 bits per heavy atom. The van der Waals surface area contributed by atoms with Gasteiger partial charge in [0.05, 0.1) is 13.2 Å². The van der Waals surface area contributed by atoms with Crippen LogP contribution in [0.2, 0.25) is 0 Å². The van der Waals surface area contributed by atoms with Gasteiger partial charge in [-0.25, -0.2) is 0 Å². The molecule has 0 aromatic heterocycles. The molecule has 0 aromatic carbocycles. The molecular weight excluding hydrogens is 228 g/mol. The molecule has 0 saturated heterocycles. The van der Waals surface area contributed by atoms with E-state index in [4.69, 9.17) is 15.2 Å². The van der Waals surface area contributed by atoms with Crippen molar-refractivity contribution in [2.75, 3.05) is 46.1 Å². The van der Waals surface area contributed by atoms with Crippen molar-refractivity contribution in [1.82, 2.24) is 4.90 Å². The molecule has 0 amide bonds. The summed E-state index contributed by atoms with van der Waals surface area (Å²) in [6.45, 7) is 16.2. The molecule has 18 heavy (non-hydrogen) atoms. The van der Waals surface area contributed by atoms with E-state index in [-0.39, 0.29) is 5.54 Å². The lowest BCUT2D eigenvalue weighted by molar-refractivity contribution is 0.00947. The fourth-order valence-corrected chi connectivity index (χ4v) is 1.99. The highest BCUT2D eigenvalue weighted by Gasteiger charge is 2.33. The third kappa shape index (κ3) is 5.65. The van der Waals surface area contributed by atoms with Crippen LogP contribution in [0.3, 0.4) is 0 Å². The second-order valence-corrected chi connectivity index (χ2v) is 5.10. The summed E-state index contributed by atoms with van der Waals surface area (Å²) in [5, 5.41) is 0. The van der Waals surface area contributed by atoms with Gasteiger partial charge in [0.1, 0.15) is 0 Å². The molecule has 0 rings (SSSR count). The van der Waals surface area contributed by atoms with Crippen molar-refractivity contribution in [2.24, 2.45) is 11.7 Å². The first-order valence-electron chi connectivity index (χ1n) is 7.13. The average Bonchev–Trinajstić information content (AvgIpc) is 2.36. The van der Waals surface area contributed by atoms with Crippen LogP contribution in [-0.2, 0) is 9.47 Å². The zero-order chi connectivity index (χ0) is 14.0. The number of rotatable bonds is 11. The number of nitrogens with zero attached hydrogens (tertiary/aromatic N) is 1. The van der Waals surface area contributed by atoms with E-state index in [1.165, 1.54) is 0 Å². The van der Waals surface area contributed by atoms with Crippen LogP contribution < -0.4 is 5.73 Å². The van der Waals surface area contributed by atoms with E-state index in [1.54, 1.807) is 0 Å². The third-order valence-electron chi connectivity index (χ3n) is 3.80. The summed E-state index contributed by atoms with van der Waals surface area (Å²) in [6, 6.07) is 0. The minimum absolute atomic E-state index is 0.00814. The van der Waals surface area contributed by atoms with E-state index in [1.807, 2.05) is 13.8 Å². The molecule has 0 aliphatic rings. The molecule has 0 aromatic rings. The van der Waals surface area contributed by atoms with Gasteiger partial charge in [-0.1, -0.05) is 13.8 Å². The van der Waals surface area contributed by atoms with Crippen LogP contribution in [-0.4, -0.2) is 56.5 Å². The van der Waals surface area contributed by atoms with Gasteiger partial charge in [0.25, 0.3) is 0 Å². The summed E-state index contributed by atoms with van der Waals surface area (Å²) in [4.78, 5) is 2.41. The lowest BCUT2D eigenvalue weighted by atomic mass is 9.86. The standard InChI is InChI=1S/C14H32N2O2/c1-6-17-10-8-16(9-11-18-7-2)14(5,12-15)13(3)4/h13H,6-12,15H2,1-5H3. The minimum Gasteiger partial charge on any atom is -0.380 e. The molecule has 2 N–H and O–H groups in total. The molecule has 0 spiro atoms. The largest absolute Gasteiger partial charge is 0.380 e. The van der Waals surface area contributed by atoms with Crippen molar-refractivity contribution in [3.8, 4) is 0 Å². The highest BCUT2D eigenvalue weighted by atomic mass is 16.5. The van der Waals surface area contributed by atoms with Gasteiger partial charge in [-0.15, -0.1) is 0 Å². The Balaban J connectivity index is 4.49. The molecule has 0 fully saturated rings. The van der Waals surface area contributed by atoms with E-state index < -0.39 is 0 Å². The fourth-order valence-electron chi connectivity index (χ4n) is 1.99. The van der Waals surface area contributed by atoms with Crippen LogP contribution >= 0.6 is 0 Å². The topological polar surface area (TPSA) is 47.7 Å². The Kier molecular flexibility index (Phi) is 9.64. The molecule has 0 heterocycles. The Morgan fingerprint density at radius 2 is 1.50 bits per heavy atom. The van der Waals surface area contributed by atoms with Crippen LogP contribution in [0, 0.1) is 5.92 Å². The van der Waals surface area contributed by atoms with Gasteiger partial charge in [-0.05, 0) is 26.7 Å². The van der Waals surface area contributed by atoms with Gasteiger partial charge < -0.3 is 15.2 Å².